The zero-order valence-electron chi connectivity index (χ0n) is 10.6. The van der Waals surface area contributed by atoms with Crippen molar-refractivity contribution in [2.45, 2.75) is 19.4 Å². The number of halogens is 2. The Labute approximate surface area is 117 Å². The van der Waals surface area contributed by atoms with Crippen LogP contribution < -0.4 is 10.5 Å². The third kappa shape index (κ3) is 3.46. The first-order valence-corrected chi connectivity index (χ1v) is 6.46. The molecule has 0 heterocycles. The minimum Gasteiger partial charge on any atom is -0.456 e. The van der Waals surface area contributed by atoms with Crippen LogP contribution in [0.5, 0.6) is 11.5 Å². The van der Waals surface area contributed by atoms with Crippen molar-refractivity contribution < 1.29 is 9.13 Å². The van der Waals surface area contributed by atoms with Gasteiger partial charge in [-0.1, -0.05) is 30.7 Å². The van der Waals surface area contributed by atoms with Gasteiger partial charge in [0.2, 0.25) is 0 Å². The van der Waals surface area contributed by atoms with Gasteiger partial charge in [0.05, 0.1) is 5.02 Å². The van der Waals surface area contributed by atoms with Crippen LogP contribution >= 0.6 is 11.6 Å². The second-order valence-electron chi connectivity index (χ2n) is 4.26. The van der Waals surface area contributed by atoms with Gasteiger partial charge in [0.1, 0.15) is 17.3 Å². The minimum absolute atomic E-state index is 0.0310. The summed E-state index contributed by atoms with van der Waals surface area (Å²) in [6, 6.07) is 11.5. The van der Waals surface area contributed by atoms with E-state index < -0.39 is 0 Å². The molecule has 19 heavy (non-hydrogen) atoms. The Kier molecular flexibility index (Phi) is 4.40. The van der Waals surface area contributed by atoms with E-state index in [1.165, 1.54) is 18.2 Å². The van der Waals surface area contributed by atoms with Crippen LogP contribution in [0.2, 0.25) is 5.02 Å². The van der Waals surface area contributed by atoms with Crippen molar-refractivity contribution in [2.75, 3.05) is 0 Å². The minimum atomic E-state index is -0.387. The maximum absolute atomic E-state index is 12.9. The first-order valence-electron chi connectivity index (χ1n) is 6.08. The molecule has 0 saturated heterocycles. The summed E-state index contributed by atoms with van der Waals surface area (Å²) >= 11 is 5.90. The quantitative estimate of drug-likeness (QED) is 0.882. The fraction of sp³-hybridized carbons (Fsp3) is 0.200. The molecule has 0 unspecified atom stereocenters. The highest BCUT2D eigenvalue weighted by Gasteiger charge is 2.06. The Morgan fingerprint density at radius 2 is 1.89 bits per heavy atom. The van der Waals surface area contributed by atoms with Crippen LogP contribution in [-0.4, -0.2) is 0 Å². The number of benzene rings is 2. The van der Waals surface area contributed by atoms with Crippen molar-refractivity contribution in [3.63, 3.8) is 0 Å². The van der Waals surface area contributed by atoms with Crippen LogP contribution in [0.1, 0.15) is 24.9 Å². The van der Waals surface area contributed by atoms with Gasteiger partial charge in [-0.15, -0.1) is 0 Å². The molecule has 2 aromatic rings. The van der Waals surface area contributed by atoms with Gasteiger partial charge < -0.3 is 10.5 Å². The third-order valence-electron chi connectivity index (χ3n) is 2.87. The summed E-state index contributed by atoms with van der Waals surface area (Å²) < 4.78 is 18.5. The predicted molar refractivity (Wildman–Crippen MR) is 75.1 cm³/mol. The lowest BCUT2D eigenvalue weighted by Crippen LogP contribution is -2.08. The van der Waals surface area contributed by atoms with Crippen molar-refractivity contribution in [1.29, 1.82) is 0 Å². The Morgan fingerprint density at radius 1 is 1.21 bits per heavy atom. The molecule has 100 valence electrons. The Bertz CT molecular complexity index is 557. The van der Waals surface area contributed by atoms with E-state index in [0.29, 0.717) is 11.5 Å². The van der Waals surface area contributed by atoms with E-state index >= 15 is 0 Å². The highest BCUT2D eigenvalue weighted by atomic mass is 35.5. The average molecular weight is 280 g/mol. The number of ether oxygens (including phenoxy) is 1. The summed E-state index contributed by atoms with van der Waals surface area (Å²) in [5.41, 5.74) is 6.99. The summed E-state index contributed by atoms with van der Waals surface area (Å²) in [4.78, 5) is 0. The van der Waals surface area contributed by atoms with Crippen molar-refractivity contribution >= 4 is 11.6 Å². The lowest BCUT2D eigenvalue weighted by Gasteiger charge is -2.11. The fourth-order valence-electron chi connectivity index (χ4n) is 1.70. The second-order valence-corrected chi connectivity index (χ2v) is 4.67. The molecular formula is C15H15ClFNO. The third-order valence-corrected chi connectivity index (χ3v) is 3.17. The maximum Gasteiger partial charge on any atom is 0.146 e. The smallest absolute Gasteiger partial charge is 0.146 e. The molecule has 4 heteroatoms. The summed E-state index contributed by atoms with van der Waals surface area (Å²) in [5, 5.41) is 0.245. The monoisotopic (exact) mass is 279 g/mol. The van der Waals surface area contributed by atoms with E-state index in [-0.39, 0.29) is 16.9 Å². The Hall–Kier alpha value is -1.58. The van der Waals surface area contributed by atoms with Gasteiger partial charge in [-0.25, -0.2) is 4.39 Å². The molecule has 0 aliphatic heterocycles. The normalized spacial score (nSPS) is 12.2. The summed E-state index contributed by atoms with van der Waals surface area (Å²) in [5.74, 6) is 0.679. The van der Waals surface area contributed by atoms with Gasteiger partial charge in [-0.2, -0.15) is 0 Å². The van der Waals surface area contributed by atoms with Gasteiger partial charge in [0, 0.05) is 6.04 Å². The molecule has 0 fully saturated rings. The lowest BCUT2D eigenvalue weighted by atomic mass is 10.1. The van der Waals surface area contributed by atoms with E-state index in [9.17, 15) is 4.39 Å². The van der Waals surface area contributed by atoms with Gasteiger partial charge in [-0.05, 0) is 42.3 Å². The molecule has 0 aliphatic rings. The number of nitrogens with two attached hydrogens (primary N) is 1. The van der Waals surface area contributed by atoms with Crippen LogP contribution in [0.25, 0.3) is 0 Å². The van der Waals surface area contributed by atoms with Gasteiger partial charge >= 0.3 is 0 Å². The molecule has 0 aliphatic carbocycles. The molecule has 0 amide bonds. The Morgan fingerprint density at radius 3 is 2.47 bits per heavy atom. The number of rotatable bonds is 4. The summed E-state index contributed by atoms with van der Waals surface area (Å²) in [7, 11) is 0. The van der Waals surface area contributed by atoms with Gasteiger partial charge in [0.25, 0.3) is 0 Å². The van der Waals surface area contributed by atoms with E-state index in [2.05, 4.69) is 0 Å². The zero-order chi connectivity index (χ0) is 13.8. The first-order chi connectivity index (χ1) is 9.10. The molecule has 2 aromatic carbocycles. The molecular weight excluding hydrogens is 265 g/mol. The van der Waals surface area contributed by atoms with Crippen LogP contribution in [-0.2, 0) is 0 Å². The van der Waals surface area contributed by atoms with Crippen LogP contribution in [0, 0.1) is 5.82 Å². The SMILES string of the molecule is CC[C@H](N)c1ccc(Oc2ccc(F)cc2Cl)cc1. The molecule has 0 spiro atoms. The largest absolute Gasteiger partial charge is 0.456 e. The average Bonchev–Trinajstić information content (AvgIpc) is 2.42. The molecule has 2 nitrogen and oxygen atoms in total. The van der Waals surface area contributed by atoms with Crippen molar-refractivity contribution in [3.8, 4) is 11.5 Å². The zero-order valence-corrected chi connectivity index (χ0v) is 11.3. The molecule has 2 rings (SSSR count). The molecule has 0 radical (unpaired) electrons. The molecule has 0 saturated carbocycles. The summed E-state index contributed by atoms with van der Waals surface area (Å²) in [6.07, 6.45) is 0.879. The van der Waals surface area contributed by atoms with E-state index in [4.69, 9.17) is 22.1 Å². The summed E-state index contributed by atoms with van der Waals surface area (Å²) in [6.45, 7) is 2.04. The van der Waals surface area contributed by atoms with Gasteiger partial charge in [0.15, 0.2) is 0 Å². The van der Waals surface area contributed by atoms with Gasteiger partial charge in [-0.3, -0.25) is 0 Å². The second kappa shape index (κ2) is 6.04. The van der Waals surface area contributed by atoms with Crippen LogP contribution in [0.15, 0.2) is 42.5 Å². The van der Waals surface area contributed by atoms with Crippen LogP contribution in [0.4, 0.5) is 4.39 Å². The maximum atomic E-state index is 12.9. The highest BCUT2D eigenvalue weighted by Crippen LogP contribution is 2.30. The van der Waals surface area contributed by atoms with E-state index in [1.807, 2.05) is 31.2 Å². The number of hydrogen-bond donors (Lipinski definition) is 1. The topological polar surface area (TPSA) is 35.2 Å². The molecule has 1 atom stereocenters. The Balaban J connectivity index is 2.15. The number of hydrogen-bond acceptors (Lipinski definition) is 2. The van der Waals surface area contributed by atoms with Crippen molar-refractivity contribution in [3.05, 3.63) is 58.9 Å². The molecule has 0 bridgehead atoms. The van der Waals surface area contributed by atoms with E-state index in [1.54, 1.807) is 0 Å². The highest BCUT2D eigenvalue weighted by molar-refractivity contribution is 6.32. The van der Waals surface area contributed by atoms with Crippen molar-refractivity contribution in [2.24, 2.45) is 5.73 Å². The predicted octanol–water partition coefficient (Wildman–Crippen LogP) is 4.68. The van der Waals surface area contributed by atoms with Crippen LogP contribution in [0.3, 0.4) is 0 Å². The fourth-order valence-corrected chi connectivity index (χ4v) is 1.91. The first kappa shape index (κ1) is 13.8. The lowest BCUT2D eigenvalue weighted by molar-refractivity contribution is 0.480. The molecule has 0 aromatic heterocycles. The molecule has 2 N–H and O–H groups in total. The standard InChI is InChI=1S/C15H15ClFNO/c1-2-14(18)10-3-6-12(7-4-10)19-15-8-5-11(17)9-13(15)16/h3-9,14H,2,18H2,1H3/t14-/m0/s1. The van der Waals surface area contributed by atoms with E-state index in [0.717, 1.165) is 12.0 Å². The van der Waals surface area contributed by atoms with Crippen molar-refractivity contribution in [1.82, 2.24) is 0 Å².